The van der Waals surface area contributed by atoms with Crippen LogP contribution in [-0.4, -0.2) is 31.4 Å². The summed E-state index contributed by atoms with van der Waals surface area (Å²) in [5, 5.41) is 0. The number of nitrogens with zero attached hydrogens (tertiary/aromatic N) is 1. The zero-order valence-electron chi connectivity index (χ0n) is 14.6. The highest BCUT2D eigenvalue weighted by molar-refractivity contribution is 7.89. The third-order valence-electron chi connectivity index (χ3n) is 4.56. The second-order valence-electron chi connectivity index (χ2n) is 6.94. The Kier molecular flexibility index (Phi) is 4.70. The summed E-state index contributed by atoms with van der Waals surface area (Å²) in [6, 6.07) is 13.2. The number of halogens is 1. The van der Waals surface area contributed by atoms with E-state index in [2.05, 4.69) is 0 Å². The molecule has 0 bridgehead atoms. The van der Waals surface area contributed by atoms with Gasteiger partial charge < -0.3 is 4.74 Å². The van der Waals surface area contributed by atoms with Gasteiger partial charge in [-0.25, -0.2) is 12.8 Å². The molecule has 0 saturated carbocycles. The minimum Gasteiger partial charge on any atom is -0.370 e. The Balaban J connectivity index is 2.01. The Labute approximate surface area is 148 Å². The van der Waals surface area contributed by atoms with Gasteiger partial charge in [-0.15, -0.1) is 0 Å². The lowest BCUT2D eigenvalue weighted by atomic mass is 10.0. The van der Waals surface area contributed by atoms with E-state index < -0.39 is 21.7 Å². The molecule has 3 rings (SSSR count). The molecule has 1 unspecified atom stereocenters. The number of hydrogen-bond donors (Lipinski definition) is 0. The summed E-state index contributed by atoms with van der Waals surface area (Å²) in [7, 11) is -3.72. The number of sulfonamides is 1. The molecule has 1 fully saturated rings. The van der Waals surface area contributed by atoms with Crippen LogP contribution in [0.25, 0.3) is 0 Å². The molecule has 0 N–H and O–H groups in total. The highest BCUT2D eigenvalue weighted by Gasteiger charge is 2.44. The van der Waals surface area contributed by atoms with Crippen LogP contribution in [-0.2, 0) is 14.8 Å². The number of hydrogen-bond acceptors (Lipinski definition) is 3. The van der Waals surface area contributed by atoms with Gasteiger partial charge in [0, 0.05) is 12.1 Å². The van der Waals surface area contributed by atoms with Crippen molar-refractivity contribution in [2.24, 2.45) is 0 Å². The average Bonchev–Trinajstić information content (AvgIpc) is 2.55. The van der Waals surface area contributed by atoms with Crippen molar-refractivity contribution < 1.29 is 17.5 Å². The van der Waals surface area contributed by atoms with Crippen molar-refractivity contribution >= 4 is 10.0 Å². The molecule has 1 heterocycles. The maximum atomic E-state index is 14.1. The Morgan fingerprint density at radius 1 is 1.12 bits per heavy atom. The maximum absolute atomic E-state index is 14.1. The molecule has 1 aliphatic heterocycles. The number of aryl methyl sites for hydroxylation is 1. The summed E-state index contributed by atoms with van der Waals surface area (Å²) in [6.45, 7) is 5.68. The molecule has 2 aromatic rings. The van der Waals surface area contributed by atoms with Crippen molar-refractivity contribution in [2.75, 3.05) is 13.2 Å². The zero-order valence-corrected chi connectivity index (χ0v) is 15.4. The normalized spacial score (nSPS) is 21.2. The molecule has 0 aliphatic carbocycles. The fourth-order valence-electron chi connectivity index (χ4n) is 3.14. The number of ether oxygens (including phenoxy) is 1. The molecule has 1 aliphatic rings. The lowest BCUT2D eigenvalue weighted by molar-refractivity contribution is -0.0668. The Hall–Kier alpha value is -1.76. The van der Waals surface area contributed by atoms with Crippen LogP contribution in [0.5, 0.6) is 0 Å². The summed E-state index contributed by atoms with van der Waals surface area (Å²) in [5.74, 6) is -0.388. The van der Waals surface area contributed by atoms with Crippen LogP contribution >= 0.6 is 0 Å². The van der Waals surface area contributed by atoms with E-state index in [-0.39, 0.29) is 23.9 Å². The van der Waals surface area contributed by atoms with E-state index in [1.54, 1.807) is 49.4 Å². The van der Waals surface area contributed by atoms with Gasteiger partial charge in [0.25, 0.3) is 0 Å². The molecule has 2 aromatic carbocycles. The molecule has 4 nitrogen and oxygen atoms in total. The van der Waals surface area contributed by atoms with Crippen molar-refractivity contribution in [2.45, 2.75) is 37.3 Å². The second-order valence-corrected chi connectivity index (χ2v) is 8.77. The van der Waals surface area contributed by atoms with Crippen LogP contribution in [0.3, 0.4) is 0 Å². The van der Waals surface area contributed by atoms with Crippen molar-refractivity contribution in [3.05, 3.63) is 65.5 Å². The highest BCUT2D eigenvalue weighted by atomic mass is 32.2. The quantitative estimate of drug-likeness (QED) is 0.836. The van der Waals surface area contributed by atoms with Crippen LogP contribution in [0.2, 0.25) is 0 Å². The number of morpholine rings is 1. The van der Waals surface area contributed by atoms with Gasteiger partial charge in [0.15, 0.2) is 0 Å². The van der Waals surface area contributed by atoms with Gasteiger partial charge in [-0.2, -0.15) is 4.31 Å². The van der Waals surface area contributed by atoms with Crippen LogP contribution in [0, 0.1) is 12.7 Å². The zero-order chi connectivity index (χ0) is 18.2. The predicted octanol–water partition coefficient (Wildman–Crippen LogP) is 3.67. The molecule has 0 spiro atoms. The van der Waals surface area contributed by atoms with E-state index in [4.69, 9.17) is 4.74 Å². The summed E-state index contributed by atoms with van der Waals surface area (Å²) in [4.78, 5) is 0.275. The summed E-state index contributed by atoms with van der Waals surface area (Å²) in [6.07, 6.45) is -0.631. The number of benzene rings is 2. The first-order valence-corrected chi connectivity index (χ1v) is 9.62. The first-order chi connectivity index (χ1) is 11.7. The van der Waals surface area contributed by atoms with Gasteiger partial charge in [0.05, 0.1) is 23.1 Å². The standard InChI is InChI=1S/C19H22FNO3S/c1-14-8-4-7-11-18(14)25(22,23)21-12-17(24-13-19(21,2)3)15-9-5-6-10-16(15)20/h4-11,17H,12-13H2,1-3H3. The van der Waals surface area contributed by atoms with E-state index in [0.29, 0.717) is 11.1 Å². The molecule has 0 radical (unpaired) electrons. The van der Waals surface area contributed by atoms with Crippen LogP contribution < -0.4 is 0 Å². The third kappa shape index (κ3) is 3.34. The fourth-order valence-corrected chi connectivity index (χ4v) is 5.14. The average molecular weight is 363 g/mol. The fraction of sp³-hybridized carbons (Fsp3) is 0.368. The molecule has 25 heavy (non-hydrogen) atoms. The summed E-state index contributed by atoms with van der Waals surface area (Å²) >= 11 is 0. The van der Waals surface area contributed by atoms with Crippen LogP contribution in [0.4, 0.5) is 4.39 Å². The Morgan fingerprint density at radius 2 is 1.76 bits per heavy atom. The monoisotopic (exact) mass is 363 g/mol. The van der Waals surface area contributed by atoms with Crippen molar-refractivity contribution in [1.29, 1.82) is 0 Å². The molecule has 0 amide bonds. The van der Waals surface area contributed by atoms with Gasteiger partial charge in [-0.05, 0) is 38.5 Å². The second kappa shape index (κ2) is 6.52. The van der Waals surface area contributed by atoms with Crippen LogP contribution in [0.15, 0.2) is 53.4 Å². The SMILES string of the molecule is Cc1ccccc1S(=O)(=O)N1CC(c2ccccc2F)OCC1(C)C. The number of rotatable bonds is 3. The molecular weight excluding hydrogens is 341 g/mol. The van der Waals surface area contributed by atoms with Gasteiger partial charge >= 0.3 is 0 Å². The largest absolute Gasteiger partial charge is 0.370 e. The van der Waals surface area contributed by atoms with Gasteiger partial charge in [0.1, 0.15) is 5.82 Å². The van der Waals surface area contributed by atoms with Gasteiger partial charge in [0.2, 0.25) is 10.0 Å². The molecule has 1 atom stereocenters. The van der Waals surface area contributed by atoms with E-state index >= 15 is 0 Å². The van der Waals surface area contributed by atoms with Gasteiger partial charge in [-0.3, -0.25) is 0 Å². The molecule has 6 heteroatoms. The highest BCUT2D eigenvalue weighted by Crippen LogP contribution is 2.36. The molecule has 1 saturated heterocycles. The topological polar surface area (TPSA) is 46.6 Å². The third-order valence-corrected chi connectivity index (χ3v) is 6.80. The lowest BCUT2D eigenvalue weighted by Gasteiger charge is -2.44. The van der Waals surface area contributed by atoms with E-state index in [9.17, 15) is 12.8 Å². The van der Waals surface area contributed by atoms with E-state index in [1.807, 2.05) is 13.8 Å². The molecule has 134 valence electrons. The van der Waals surface area contributed by atoms with Gasteiger partial charge in [-0.1, -0.05) is 36.4 Å². The van der Waals surface area contributed by atoms with Crippen molar-refractivity contribution in [1.82, 2.24) is 4.31 Å². The lowest BCUT2D eigenvalue weighted by Crippen LogP contribution is -2.56. The Morgan fingerprint density at radius 3 is 2.44 bits per heavy atom. The minimum atomic E-state index is -3.72. The summed E-state index contributed by atoms with van der Waals surface area (Å²) < 4.78 is 47.9. The first-order valence-electron chi connectivity index (χ1n) is 8.18. The first kappa shape index (κ1) is 18.0. The summed E-state index contributed by atoms with van der Waals surface area (Å²) in [5.41, 5.74) is 0.346. The predicted molar refractivity (Wildman–Crippen MR) is 94.2 cm³/mol. The Bertz CT molecular complexity index is 880. The van der Waals surface area contributed by atoms with E-state index in [0.717, 1.165) is 0 Å². The smallest absolute Gasteiger partial charge is 0.244 e. The maximum Gasteiger partial charge on any atom is 0.244 e. The van der Waals surface area contributed by atoms with Crippen molar-refractivity contribution in [3.8, 4) is 0 Å². The van der Waals surface area contributed by atoms with Crippen molar-refractivity contribution in [3.63, 3.8) is 0 Å². The van der Waals surface area contributed by atoms with E-state index in [1.165, 1.54) is 10.4 Å². The molecule has 0 aromatic heterocycles. The minimum absolute atomic E-state index is 0.0740. The van der Waals surface area contributed by atoms with Crippen LogP contribution in [0.1, 0.15) is 31.1 Å². The molecular formula is C19H22FNO3S.